The van der Waals surface area contributed by atoms with Gasteiger partial charge in [-0.1, -0.05) is 58.1 Å². The van der Waals surface area contributed by atoms with Crippen LogP contribution in [0.2, 0.25) is 0 Å². The van der Waals surface area contributed by atoms with Crippen LogP contribution in [0, 0.1) is 0 Å². The number of benzene rings is 1. The van der Waals surface area contributed by atoms with Gasteiger partial charge < -0.3 is 10.1 Å². The maximum absolute atomic E-state index is 6.08. The van der Waals surface area contributed by atoms with Gasteiger partial charge in [-0.25, -0.2) is 0 Å². The molecule has 0 aliphatic carbocycles. The molecule has 0 aromatic heterocycles. The van der Waals surface area contributed by atoms with Gasteiger partial charge in [-0.05, 0) is 56.7 Å². The first-order valence-electron chi connectivity index (χ1n) is 10.0. The lowest BCUT2D eigenvalue weighted by Crippen LogP contribution is -2.36. The topological polar surface area (TPSA) is 21.3 Å². The summed E-state index contributed by atoms with van der Waals surface area (Å²) in [7, 11) is 0. The van der Waals surface area contributed by atoms with Crippen LogP contribution in [0.3, 0.4) is 0 Å². The van der Waals surface area contributed by atoms with Gasteiger partial charge in [-0.3, -0.25) is 0 Å². The van der Waals surface area contributed by atoms with Crippen molar-refractivity contribution in [2.75, 3.05) is 11.9 Å². The standard InChI is InChI=1S/C22H37NO/c1-6-8-9-10-11-12-21(24-7-2)18-13-14-20-19(15-18)17(3)16-22(4,5)23-20/h13-15,17,21,23H,6-12,16H2,1-5H3. The summed E-state index contributed by atoms with van der Waals surface area (Å²) in [4.78, 5) is 0. The Morgan fingerprint density at radius 3 is 2.62 bits per heavy atom. The van der Waals surface area contributed by atoms with Gasteiger partial charge in [-0.15, -0.1) is 0 Å². The molecule has 1 aliphatic rings. The number of rotatable bonds is 9. The van der Waals surface area contributed by atoms with E-state index in [4.69, 9.17) is 4.74 Å². The van der Waals surface area contributed by atoms with Crippen LogP contribution in [0.5, 0.6) is 0 Å². The van der Waals surface area contributed by atoms with E-state index >= 15 is 0 Å². The zero-order valence-electron chi connectivity index (χ0n) is 16.5. The summed E-state index contributed by atoms with van der Waals surface area (Å²) in [6.45, 7) is 12.1. The summed E-state index contributed by atoms with van der Waals surface area (Å²) in [5, 5.41) is 3.69. The van der Waals surface area contributed by atoms with E-state index in [1.54, 1.807) is 0 Å². The molecular weight excluding hydrogens is 294 g/mol. The lowest BCUT2D eigenvalue weighted by atomic mass is 9.81. The van der Waals surface area contributed by atoms with Crippen molar-refractivity contribution in [3.05, 3.63) is 29.3 Å². The van der Waals surface area contributed by atoms with Crippen molar-refractivity contribution in [2.45, 2.75) is 97.1 Å². The third kappa shape index (κ3) is 5.24. The third-order valence-corrected chi connectivity index (χ3v) is 5.21. The summed E-state index contributed by atoms with van der Waals surface area (Å²) < 4.78 is 6.08. The monoisotopic (exact) mass is 331 g/mol. The molecule has 136 valence electrons. The Morgan fingerprint density at radius 2 is 1.92 bits per heavy atom. The molecule has 1 aromatic rings. The smallest absolute Gasteiger partial charge is 0.0824 e. The van der Waals surface area contributed by atoms with E-state index in [1.165, 1.54) is 55.3 Å². The highest BCUT2D eigenvalue weighted by atomic mass is 16.5. The molecule has 0 saturated carbocycles. The van der Waals surface area contributed by atoms with E-state index in [9.17, 15) is 0 Å². The van der Waals surface area contributed by atoms with E-state index in [1.807, 2.05) is 0 Å². The SMILES string of the molecule is CCCCCCCC(OCC)c1ccc2c(c1)C(C)CC(C)(C)N2. The van der Waals surface area contributed by atoms with E-state index < -0.39 is 0 Å². The maximum Gasteiger partial charge on any atom is 0.0824 e. The Hall–Kier alpha value is -1.02. The Labute approximate surface area is 149 Å². The second-order valence-corrected chi connectivity index (χ2v) is 8.11. The number of hydrogen-bond acceptors (Lipinski definition) is 2. The maximum atomic E-state index is 6.08. The second-order valence-electron chi connectivity index (χ2n) is 8.11. The minimum atomic E-state index is 0.187. The Morgan fingerprint density at radius 1 is 1.17 bits per heavy atom. The molecule has 2 unspecified atom stereocenters. The molecule has 0 bridgehead atoms. The minimum Gasteiger partial charge on any atom is -0.380 e. The van der Waals surface area contributed by atoms with Crippen LogP contribution in [0.4, 0.5) is 5.69 Å². The summed E-state index contributed by atoms with van der Waals surface area (Å²) in [6, 6.07) is 6.94. The van der Waals surface area contributed by atoms with E-state index in [2.05, 4.69) is 58.1 Å². The fourth-order valence-corrected chi connectivity index (χ4v) is 4.07. The van der Waals surface area contributed by atoms with Gasteiger partial charge >= 0.3 is 0 Å². The molecule has 1 N–H and O–H groups in total. The van der Waals surface area contributed by atoms with E-state index in [0.29, 0.717) is 5.92 Å². The molecule has 1 heterocycles. The highest BCUT2D eigenvalue weighted by Crippen LogP contribution is 2.40. The van der Waals surface area contributed by atoms with Gasteiger partial charge in [0.2, 0.25) is 0 Å². The molecule has 24 heavy (non-hydrogen) atoms. The number of hydrogen-bond donors (Lipinski definition) is 1. The average molecular weight is 332 g/mol. The number of nitrogens with one attached hydrogen (secondary N) is 1. The lowest BCUT2D eigenvalue weighted by Gasteiger charge is -2.38. The minimum absolute atomic E-state index is 0.187. The molecule has 2 heteroatoms. The van der Waals surface area contributed by atoms with Gasteiger partial charge in [0.05, 0.1) is 6.10 Å². The largest absolute Gasteiger partial charge is 0.380 e. The van der Waals surface area contributed by atoms with Crippen LogP contribution in [0.25, 0.3) is 0 Å². The fraction of sp³-hybridized carbons (Fsp3) is 0.727. The van der Waals surface area contributed by atoms with Crippen LogP contribution in [0.1, 0.15) is 103 Å². The van der Waals surface area contributed by atoms with Crippen molar-refractivity contribution in [1.82, 2.24) is 0 Å². The third-order valence-electron chi connectivity index (χ3n) is 5.21. The molecule has 0 spiro atoms. The van der Waals surface area contributed by atoms with Gasteiger partial charge in [0, 0.05) is 17.8 Å². The normalized spacial score (nSPS) is 20.3. The van der Waals surface area contributed by atoms with Crippen molar-refractivity contribution in [2.24, 2.45) is 0 Å². The van der Waals surface area contributed by atoms with Gasteiger partial charge in [0.1, 0.15) is 0 Å². The zero-order chi connectivity index (χ0) is 17.6. The predicted molar refractivity (Wildman–Crippen MR) is 105 cm³/mol. The van der Waals surface area contributed by atoms with E-state index in [0.717, 1.165) is 13.0 Å². The number of fused-ring (bicyclic) bond motifs is 1. The molecule has 0 saturated heterocycles. The first-order chi connectivity index (χ1) is 11.5. The summed E-state index contributed by atoms with van der Waals surface area (Å²) in [6.07, 6.45) is 9.19. The second kappa shape index (κ2) is 8.89. The molecule has 0 fully saturated rings. The van der Waals surface area contributed by atoms with Crippen LogP contribution in [-0.2, 0) is 4.74 Å². The lowest BCUT2D eigenvalue weighted by molar-refractivity contribution is 0.0541. The summed E-state index contributed by atoms with van der Waals surface area (Å²) in [5.41, 5.74) is 4.31. The molecule has 1 aromatic carbocycles. The Bertz CT molecular complexity index is 509. The quantitative estimate of drug-likeness (QED) is 0.501. The molecule has 1 aliphatic heterocycles. The van der Waals surface area contributed by atoms with E-state index in [-0.39, 0.29) is 11.6 Å². The molecule has 0 amide bonds. The summed E-state index contributed by atoms with van der Waals surface area (Å²) in [5.74, 6) is 0.600. The number of ether oxygens (including phenoxy) is 1. The van der Waals surface area contributed by atoms with Gasteiger partial charge in [0.15, 0.2) is 0 Å². The summed E-state index contributed by atoms with van der Waals surface area (Å²) >= 11 is 0. The van der Waals surface area contributed by atoms with Crippen LogP contribution < -0.4 is 5.32 Å². The van der Waals surface area contributed by atoms with Crippen LogP contribution in [-0.4, -0.2) is 12.1 Å². The number of unbranched alkanes of at least 4 members (excludes halogenated alkanes) is 4. The van der Waals surface area contributed by atoms with Crippen LogP contribution >= 0.6 is 0 Å². The van der Waals surface area contributed by atoms with Crippen molar-refractivity contribution in [3.63, 3.8) is 0 Å². The first kappa shape index (κ1) is 19.3. The van der Waals surface area contributed by atoms with Gasteiger partial charge in [-0.2, -0.15) is 0 Å². The first-order valence-corrected chi connectivity index (χ1v) is 10.0. The Balaban J connectivity index is 2.06. The van der Waals surface area contributed by atoms with Crippen molar-refractivity contribution in [3.8, 4) is 0 Å². The fourth-order valence-electron chi connectivity index (χ4n) is 4.07. The van der Waals surface area contributed by atoms with Crippen LogP contribution in [0.15, 0.2) is 18.2 Å². The predicted octanol–water partition coefficient (Wildman–Crippen LogP) is 6.82. The highest BCUT2D eigenvalue weighted by molar-refractivity contribution is 5.58. The van der Waals surface area contributed by atoms with Gasteiger partial charge in [0.25, 0.3) is 0 Å². The Kier molecular flexibility index (Phi) is 7.16. The van der Waals surface area contributed by atoms with Crippen molar-refractivity contribution in [1.29, 1.82) is 0 Å². The molecule has 2 nitrogen and oxygen atoms in total. The number of anilines is 1. The average Bonchev–Trinajstić information content (AvgIpc) is 2.52. The van der Waals surface area contributed by atoms with Crippen molar-refractivity contribution >= 4 is 5.69 Å². The molecular formula is C22H37NO. The molecule has 0 radical (unpaired) electrons. The highest BCUT2D eigenvalue weighted by Gasteiger charge is 2.29. The zero-order valence-corrected chi connectivity index (χ0v) is 16.5. The molecule has 2 rings (SSSR count). The molecule has 2 atom stereocenters. The van der Waals surface area contributed by atoms with Crippen molar-refractivity contribution < 1.29 is 4.74 Å².